The molecule has 0 aliphatic rings. The Kier molecular flexibility index (Phi) is 4.86. The summed E-state index contributed by atoms with van der Waals surface area (Å²) in [6.07, 6.45) is 4.67. The van der Waals surface area contributed by atoms with E-state index in [1.165, 1.54) is 12.3 Å². The normalized spacial score (nSPS) is 11.1. The number of nitrogens with zero attached hydrogens (tertiary/aromatic N) is 3. The van der Waals surface area contributed by atoms with E-state index in [1.54, 1.807) is 24.5 Å². The monoisotopic (exact) mass is 379 g/mol. The molecule has 3 aromatic heterocycles. The summed E-state index contributed by atoms with van der Waals surface area (Å²) in [5.74, 6) is 0.160. The molecule has 0 aliphatic heterocycles. The summed E-state index contributed by atoms with van der Waals surface area (Å²) in [5.41, 5.74) is 3.75. The summed E-state index contributed by atoms with van der Waals surface area (Å²) in [6, 6.07) is 10.3. The summed E-state index contributed by atoms with van der Waals surface area (Å²) in [5, 5.41) is 16.1. The van der Waals surface area contributed by atoms with Crippen LogP contribution < -0.4 is 15.4 Å². The van der Waals surface area contributed by atoms with Crippen LogP contribution in [0.25, 0.3) is 33.4 Å². The molecule has 28 heavy (non-hydrogen) atoms. The maximum atomic E-state index is 14.5. The lowest BCUT2D eigenvalue weighted by Crippen LogP contribution is -2.28. The van der Waals surface area contributed by atoms with Gasteiger partial charge in [0.05, 0.1) is 17.7 Å². The van der Waals surface area contributed by atoms with Gasteiger partial charge in [-0.2, -0.15) is 0 Å². The van der Waals surface area contributed by atoms with Crippen LogP contribution in [0.3, 0.4) is 0 Å². The highest BCUT2D eigenvalue weighted by Gasteiger charge is 2.17. The minimum Gasteiger partial charge on any atom is -0.343 e. The number of halogens is 1. The summed E-state index contributed by atoms with van der Waals surface area (Å²) >= 11 is 0. The molecule has 0 unspecified atom stereocenters. The van der Waals surface area contributed by atoms with Crippen LogP contribution >= 0.6 is 0 Å². The predicted molar refractivity (Wildman–Crippen MR) is 104 cm³/mol. The van der Waals surface area contributed by atoms with Crippen molar-refractivity contribution in [2.45, 2.75) is 6.92 Å². The first kappa shape index (κ1) is 17.9. The summed E-state index contributed by atoms with van der Waals surface area (Å²) in [4.78, 5) is 12.0. The van der Waals surface area contributed by atoms with Crippen molar-refractivity contribution in [2.24, 2.45) is 0 Å². The van der Waals surface area contributed by atoms with Crippen LogP contribution in [0.2, 0.25) is 0 Å². The second kappa shape index (κ2) is 7.61. The van der Waals surface area contributed by atoms with E-state index in [1.807, 2.05) is 25.1 Å². The number of hydrogen-bond donors (Lipinski definition) is 4. The van der Waals surface area contributed by atoms with Gasteiger partial charge in [0.1, 0.15) is 17.0 Å². The number of imidazole rings is 1. The molecule has 0 bridgehead atoms. The highest BCUT2D eigenvalue weighted by Crippen LogP contribution is 2.33. The molecule has 0 aliphatic carbocycles. The molecule has 4 N–H and O–H groups in total. The fraction of sp³-hybridized carbons (Fsp3) is 0.150. The number of pyridine rings is 2. The zero-order valence-corrected chi connectivity index (χ0v) is 15.3. The molecule has 7 nitrogen and oxygen atoms in total. The van der Waals surface area contributed by atoms with E-state index in [0.717, 1.165) is 27.9 Å². The number of anilines is 1. The maximum Gasteiger partial charge on any atom is 0.230 e. The molecule has 0 atom stereocenters. The fourth-order valence-corrected chi connectivity index (χ4v) is 3.04. The molecular weight excluding hydrogens is 359 g/mol. The van der Waals surface area contributed by atoms with E-state index in [0.29, 0.717) is 23.7 Å². The van der Waals surface area contributed by atoms with Crippen LogP contribution in [0.4, 0.5) is 10.3 Å². The highest BCUT2D eigenvalue weighted by atomic mass is 19.1. The molecule has 142 valence electrons. The van der Waals surface area contributed by atoms with Crippen molar-refractivity contribution in [3.05, 3.63) is 60.8 Å². The predicted octanol–water partition coefficient (Wildman–Crippen LogP) is 2.93. The first-order valence-electron chi connectivity index (χ1n) is 8.96. The zero-order chi connectivity index (χ0) is 19.5. The molecule has 0 saturated heterocycles. The number of hydrogen-bond acceptors (Lipinski definition) is 5. The minimum absolute atomic E-state index is 0.229. The van der Waals surface area contributed by atoms with E-state index < -0.39 is 5.82 Å². The van der Waals surface area contributed by atoms with Gasteiger partial charge in [0.15, 0.2) is 0 Å². The maximum absolute atomic E-state index is 14.5. The van der Waals surface area contributed by atoms with E-state index >= 15 is 0 Å². The van der Waals surface area contributed by atoms with Crippen molar-refractivity contribution in [1.29, 1.82) is 0 Å². The molecule has 4 aromatic rings. The van der Waals surface area contributed by atoms with E-state index in [4.69, 9.17) is 0 Å². The Labute approximate surface area is 160 Å². The summed E-state index contributed by atoms with van der Waals surface area (Å²) < 4.78 is 15.5. The number of aromatic nitrogens is 4. The van der Waals surface area contributed by atoms with Gasteiger partial charge >= 0.3 is 0 Å². The van der Waals surface area contributed by atoms with Crippen LogP contribution in [0.15, 0.2) is 55.0 Å². The quantitative estimate of drug-likeness (QED) is 0.179. The molecule has 3 heterocycles. The van der Waals surface area contributed by atoms with Gasteiger partial charge in [0.2, 0.25) is 18.3 Å². The molecule has 0 saturated carbocycles. The second-order valence-electron chi connectivity index (χ2n) is 6.27. The lowest BCUT2D eigenvalue weighted by atomic mass is 10.0. The Morgan fingerprint density at radius 1 is 1.21 bits per heavy atom. The first-order valence-corrected chi connectivity index (χ1v) is 8.96. The molecule has 0 amide bonds. The topological polar surface area (TPSA) is 89.7 Å². The summed E-state index contributed by atoms with van der Waals surface area (Å²) in [7, 11) is 0. The molecule has 4 rings (SSSR count). The van der Waals surface area contributed by atoms with Crippen molar-refractivity contribution in [1.82, 2.24) is 20.3 Å². The van der Waals surface area contributed by atoms with Gasteiger partial charge in [0.25, 0.3) is 0 Å². The lowest BCUT2D eigenvalue weighted by Gasteiger charge is -2.07. The van der Waals surface area contributed by atoms with Crippen LogP contribution in [0.5, 0.6) is 0 Å². The molecule has 0 fully saturated rings. The van der Waals surface area contributed by atoms with Gasteiger partial charge in [-0.3, -0.25) is 10.2 Å². The Morgan fingerprint density at radius 2 is 2.11 bits per heavy atom. The van der Waals surface area contributed by atoms with E-state index in [9.17, 15) is 9.60 Å². The van der Waals surface area contributed by atoms with Crippen molar-refractivity contribution >= 4 is 17.0 Å². The minimum atomic E-state index is -0.420. The van der Waals surface area contributed by atoms with Gasteiger partial charge in [-0.15, -0.1) is 0 Å². The van der Waals surface area contributed by atoms with Gasteiger partial charge < -0.3 is 15.6 Å². The average Bonchev–Trinajstić information content (AvgIpc) is 3.11. The Balaban J connectivity index is 1.89. The fourth-order valence-electron chi connectivity index (χ4n) is 3.04. The third-order valence-corrected chi connectivity index (χ3v) is 4.35. The number of H-pyrrole nitrogens is 1. The third kappa shape index (κ3) is 3.49. The van der Waals surface area contributed by atoms with Crippen molar-refractivity contribution < 1.29 is 14.3 Å². The van der Waals surface area contributed by atoms with Crippen LogP contribution in [-0.4, -0.2) is 33.4 Å². The third-order valence-electron chi connectivity index (χ3n) is 4.35. The average molecular weight is 379 g/mol. The van der Waals surface area contributed by atoms with Gasteiger partial charge in [-0.1, -0.05) is 6.92 Å². The summed E-state index contributed by atoms with van der Waals surface area (Å²) in [6.45, 7) is 3.40. The van der Waals surface area contributed by atoms with Gasteiger partial charge in [-0.25, -0.2) is 9.37 Å². The molecule has 0 spiro atoms. The molecule has 8 heteroatoms. The van der Waals surface area contributed by atoms with Crippen molar-refractivity contribution in [3.8, 4) is 22.4 Å². The van der Waals surface area contributed by atoms with E-state index in [2.05, 4.69) is 25.6 Å². The number of benzene rings is 1. The van der Waals surface area contributed by atoms with Gasteiger partial charge in [0, 0.05) is 22.6 Å². The Hall–Kier alpha value is -3.52. The van der Waals surface area contributed by atoms with Crippen LogP contribution in [0.1, 0.15) is 6.92 Å². The number of fused-ring (bicyclic) bond motifs is 1. The zero-order valence-electron chi connectivity index (χ0n) is 15.3. The Morgan fingerprint density at radius 3 is 2.89 bits per heavy atom. The number of nitrogens with one attached hydrogen (secondary N) is 3. The smallest absolute Gasteiger partial charge is 0.230 e. The first-order chi connectivity index (χ1) is 13.7. The van der Waals surface area contributed by atoms with Crippen LogP contribution in [-0.2, 0) is 0 Å². The number of rotatable bonds is 6. The molecular formula is C20H20FN6O+. The molecule has 1 aromatic carbocycles. The number of aromatic amines is 1. The molecule has 0 radical (unpaired) electrons. The van der Waals surface area contributed by atoms with Gasteiger partial charge in [-0.05, 0) is 42.4 Å². The highest BCUT2D eigenvalue weighted by molar-refractivity contribution is 5.96. The lowest BCUT2D eigenvalue weighted by molar-refractivity contribution is -0.904. The van der Waals surface area contributed by atoms with E-state index in [-0.39, 0.29) is 5.69 Å². The SMILES string of the molecule is CCNCNc1nc2c(-c3ncccc3F)cc(-c3ccc[n+](O)c3)cc2[nH]1. The standard InChI is InChI=1S/C20H20FN6O/c1-2-22-12-24-20-25-17-10-14(13-5-4-8-27(28)11-13)9-15(19(17)26-20)18-16(21)6-3-7-23-18/h3-11,22,28H,2,12H2,1H3,(H2,24,25,26)/q+1. The second-order valence-corrected chi connectivity index (χ2v) is 6.27. The van der Waals surface area contributed by atoms with Crippen molar-refractivity contribution in [2.75, 3.05) is 18.5 Å². The Bertz CT molecular complexity index is 1130. The largest absolute Gasteiger partial charge is 0.343 e. The van der Waals surface area contributed by atoms with Crippen molar-refractivity contribution in [3.63, 3.8) is 0 Å². The van der Waals surface area contributed by atoms with Crippen LogP contribution in [0, 0.1) is 5.82 Å².